The van der Waals surface area contributed by atoms with Crippen LogP contribution in [0, 0.1) is 12.8 Å². The van der Waals surface area contributed by atoms with E-state index in [1.165, 1.54) is 12.8 Å². The molecule has 0 spiro atoms. The molecule has 0 saturated heterocycles. The summed E-state index contributed by atoms with van der Waals surface area (Å²) >= 11 is 0. The highest BCUT2D eigenvalue weighted by Crippen LogP contribution is 2.30. The van der Waals surface area contributed by atoms with Gasteiger partial charge >= 0.3 is 0 Å². The molecule has 3 nitrogen and oxygen atoms in total. The maximum atomic E-state index is 6.57. The molecule has 1 fully saturated rings. The molecule has 106 valence electrons. The van der Waals surface area contributed by atoms with Gasteiger partial charge in [-0.2, -0.15) is 0 Å². The quantitative estimate of drug-likeness (QED) is 0.906. The molecule has 1 saturated carbocycles. The summed E-state index contributed by atoms with van der Waals surface area (Å²) in [5.74, 6) is 0.768. The average Bonchev–Trinajstić information content (AvgIpc) is 2.27. The molecular weight excluding hydrogens is 234 g/mol. The first-order valence-corrected chi connectivity index (χ1v) is 7.37. The van der Waals surface area contributed by atoms with Crippen molar-refractivity contribution in [3.05, 3.63) is 29.6 Å². The number of rotatable bonds is 4. The minimum absolute atomic E-state index is 0.00373. The zero-order valence-electron chi connectivity index (χ0n) is 12.5. The standard InChI is InChI=1S/C16H27N3/c1-13-6-5-9-16(17,10-13)12-19(3)11-15-8-4-7-14(2)18-15/h4,7-8,13H,5-6,9-12,17H2,1-3H3. The maximum Gasteiger partial charge on any atom is 0.0547 e. The molecule has 0 radical (unpaired) electrons. The number of aryl methyl sites for hydroxylation is 1. The van der Waals surface area contributed by atoms with Crippen molar-refractivity contribution in [3.8, 4) is 0 Å². The van der Waals surface area contributed by atoms with Crippen LogP contribution >= 0.6 is 0 Å². The van der Waals surface area contributed by atoms with Crippen LogP contribution in [0.4, 0.5) is 0 Å². The van der Waals surface area contributed by atoms with Crippen LogP contribution in [0.2, 0.25) is 0 Å². The van der Waals surface area contributed by atoms with Gasteiger partial charge < -0.3 is 5.73 Å². The Bertz CT molecular complexity index is 418. The van der Waals surface area contributed by atoms with Crippen molar-refractivity contribution in [2.24, 2.45) is 11.7 Å². The van der Waals surface area contributed by atoms with Crippen LogP contribution in [0.1, 0.15) is 44.0 Å². The van der Waals surface area contributed by atoms with E-state index in [4.69, 9.17) is 5.73 Å². The molecule has 1 aliphatic carbocycles. The summed E-state index contributed by atoms with van der Waals surface area (Å²) in [5, 5.41) is 0. The maximum absolute atomic E-state index is 6.57. The van der Waals surface area contributed by atoms with E-state index in [9.17, 15) is 0 Å². The molecule has 2 atom stereocenters. The van der Waals surface area contributed by atoms with Crippen LogP contribution in [0.3, 0.4) is 0 Å². The van der Waals surface area contributed by atoms with Crippen LogP contribution in [-0.2, 0) is 6.54 Å². The monoisotopic (exact) mass is 261 g/mol. The Labute approximate surface area is 117 Å². The van der Waals surface area contributed by atoms with Gasteiger partial charge in [-0.05, 0) is 44.9 Å². The first-order chi connectivity index (χ1) is 8.97. The Hall–Kier alpha value is -0.930. The van der Waals surface area contributed by atoms with Gasteiger partial charge in [-0.3, -0.25) is 9.88 Å². The van der Waals surface area contributed by atoms with Crippen molar-refractivity contribution >= 4 is 0 Å². The first-order valence-electron chi connectivity index (χ1n) is 7.37. The van der Waals surface area contributed by atoms with Crippen molar-refractivity contribution < 1.29 is 0 Å². The van der Waals surface area contributed by atoms with E-state index >= 15 is 0 Å². The van der Waals surface area contributed by atoms with Crippen molar-refractivity contribution in [3.63, 3.8) is 0 Å². The Balaban J connectivity index is 1.91. The van der Waals surface area contributed by atoms with E-state index in [1.807, 2.05) is 13.0 Å². The highest BCUT2D eigenvalue weighted by molar-refractivity contribution is 5.09. The lowest BCUT2D eigenvalue weighted by atomic mass is 9.77. The molecule has 2 unspecified atom stereocenters. The third kappa shape index (κ3) is 4.29. The molecule has 1 aromatic heterocycles. The summed E-state index contributed by atoms with van der Waals surface area (Å²) in [4.78, 5) is 6.88. The summed E-state index contributed by atoms with van der Waals surface area (Å²) in [6.45, 7) is 6.21. The highest BCUT2D eigenvalue weighted by atomic mass is 15.1. The summed E-state index contributed by atoms with van der Waals surface area (Å²) in [5.41, 5.74) is 8.79. The van der Waals surface area contributed by atoms with E-state index in [1.54, 1.807) is 0 Å². The van der Waals surface area contributed by atoms with Gasteiger partial charge in [0.25, 0.3) is 0 Å². The second kappa shape index (κ2) is 6.02. The summed E-state index contributed by atoms with van der Waals surface area (Å²) in [6, 6.07) is 6.21. The Morgan fingerprint density at radius 2 is 2.26 bits per heavy atom. The second-order valence-electron chi connectivity index (χ2n) is 6.51. The molecule has 0 amide bonds. The van der Waals surface area contributed by atoms with E-state index < -0.39 is 0 Å². The highest BCUT2D eigenvalue weighted by Gasteiger charge is 2.31. The van der Waals surface area contributed by atoms with Gasteiger partial charge in [0.15, 0.2) is 0 Å². The molecule has 19 heavy (non-hydrogen) atoms. The average molecular weight is 261 g/mol. The predicted octanol–water partition coefficient (Wildman–Crippen LogP) is 2.73. The minimum atomic E-state index is -0.00373. The fraction of sp³-hybridized carbons (Fsp3) is 0.688. The summed E-state index contributed by atoms with van der Waals surface area (Å²) < 4.78 is 0. The third-order valence-corrected chi connectivity index (χ3v) is 4.09. The Kier molecular flexibility index (Phi) is 4.58. The predicted molar refractivity (Wildman–Crippen MR) is 79.9 cm³/mol. The van der Waals surface area contributed by atoms with Crippen molar-refractivity contribution in [1.82, 2.24) is 9.88 Å². The van der Waals surface area contributed by atoms with Gasteiger partial charge in [-0.25, -0.2) is 0 Å². The number of aromatic nitrogens is 1. The van der Waals surface area contributed by atoms with Crippen molar-refractivity contribution in [2.45, 2.75) is 51.6 Å². The van der Waals surface area contributed by atoms with Crippen molar-refractivity contribution in [2.75, 3.05) is 13.6 Å². The lowest BCUT2D eigenvalue weighted by Crippen LogP contribution is -2.51. The summed E-state index contributed by atoms with van der Waals surface area (Å²) in [7, 11) is 2.15. The number of hydrogen-bond donors (Lipinski definition) is 1. The normalized spacial score (nSPS) is 27.7. The van der Waals surface area contributed by atoms with Gasteiger partial charge in [0.2, 0.25) is 0 Å². The lowest BCUT2D eigenvalue weighted by molar-refractivity contribution is 0.164. The fourth-order valence-electron chi connectivity index (χ4n) is 3.40. The SMILES string of the molecule is Cc1cccc(CN(C)CC2(N)CCCC(C)C2)n1. The smallest absolute Gasteiger partial charge is 0.0547 e. The van der Waals surface area contributed by atoms with Crippen LogP contribution in [0.25, 0.3) is 0 Å². The van der Waals surface area contributed by atoms with Crippen LogP contribution < -0.4 is 5.73 Å². The third-order valence-electron chi connectivity index (χ3n) is 4.09. The van der Waals surface area contributed by atoms with E-state index in [-0.39, 0.29) is 5.54 Å². The van der Waals surface area contributed by atoms with E-state index in [0.29, 0.717) is 0 Å². The van der Waals surface area contributed by atoms with Gasteiger partial charge in [0, 0.05) is 24.3 Å². The van der Waals surface area contributed by atoms with Crippen LogP contribution in [0.5, 0.6) is 0 Å². The number of pyridine rings is 1. The van der Waals surface area contributed by atoms with Gasteiger partial charge in [-0.15, -0.1) is 0 Å². The topological polar surface area (TPSA) is 42.1 Å². The minimum Gasteiger partial charge on any atom is -0.324 e. The molecule has 2 N–H and O–H groups in total. The van der Waals surface area contributed by atoms with Crippen molar-refractivity contribution in [1.29, 1.82) is 0 Å². The number of hydrogen-bond acceptors (Lipinski definition) is 3. The van der Waals surface area contributed by atoms with Gasteiger partial charge in [0.05, 0.1) is 5.69 Å². The molecule has 3 heteroatoms. The van der Waals surface area contributed by atoms with E-state index in [0.717, 1.165) is 43.2 Å². The first kappa shape index (κ1) is 14.5. The zero-order chi connectivity index (χ0) is 13.9. The largest absolute Gasteiger partial charge is 0.324 e. The number of likely N-dealkylation sites (N-methyl/N-ethyl adjacent to an activating group) is 1. The zero-order valence-corrected chi connectivity index (χ0v) is 12.5. The Morgan fingerprint density at radius 1 is 1.47 bits per heavy atom. The molecule has 0 aromatic carbocycles. The van der Waals surface area contributed by atoms with Gasteiger partial charge in [-0.1, -0.05) is 25.8 Å². The van der Waals surface area contributed by atoms with Crippen LogP contribution in [-0.4, -0.2) is 29.0 Å². The fourth-order valence-corrected chi connectivity index (χ4v) is 3.40. The Morgan fingerprint density at radius 3 is 2.95 bits per heavy atom. The lowest BCUT2D eigenvalue weighted by Gasteiger charge is -2.39. The molecule has 1 aromatic rings. The molecule has 2 rings (SSSR count). The van der Waals surface area contributed by atoms with Gasteiger partial charge in [0.1, 0.15) is 0 Å². The molecule has 0 bridgehead atoms. The molecule has 1 heterocycles. The number of nitrogens with zero attached hydrogens (tertiary/aromatic N) is 2. The van der Waals surface area contributed by atoms with E-state index in [2.05, 4.69) is 36.0 Å². The summed E-state index contributed by atoms with van der Waals surface area (Å²) in [6.07, 6.45) is 4.91. The second-order valence-corrected chi connectivity index (χ2v) is 6.51. The molecular formula is C16H27N3. The molecule has 0 aliphatic heterocycles. The molecule has 1 aliphatic rings. The number of nitrogens with two attached hydrogens (primary N) is 1. The van der Waals surface area contributed by atoms with Crippen LogP contribution in [0.15, 0.2) is 18.2 Å².